The van der Waals surface area contributed by atoms with E-state index in [0.717, 1.165) is 47.0 Å². The van der Waals surface area contributed by atoms with Gasteiger partial charge >= 0.3 is 0 Å². The molecule has 2 aromatic carbocycles. The average Bonchev–Trinajstić information content (AvgIpc) is 3.42. The van der Waals surface area contributed by atoms with Crippen LogP contribution in [0.4, 0.5) is 0 Å². The molecule has 4 rings (SSSR count). The van der Waals surface area contributed by atoms with Gasteiger partial charge in [-0.15, -0.1) is 0 Å². The van der Waals surface area contributed by atoms with E-state index in [1.807, 2.05) is 46.0 Å². The second kappa shape index (κ2) is 14.8. The minimum Gasteiger partial charge on any atom is -0.399 e. The number of benzene rings is 2. The van der Waals surface area contributed by atoms with Crippen LogP contribution >= 0.6 is 0 Å². The first-order chi connectivity index (χ1) is 18.7. The lowest BCUT2D eigenvalue weighted by Gasteiger charge is -2.17. The summed E-state index contributed by atoms with van der Waals surface area (Å²) in [5.41, 5.74) is 15.8. The van der Waals surface area contributed by atoms with E-state index in [1.165, 1.54) is 16.7 Å². The molecule has 0 radical (unpaired) electrons. The molecule has 0 saturated carbocycles. The van der Waals surface area contributed by atoms with Gasteiger partial charge in [0.1, 0.15) is 0 Å². The molecule has 208 valence electrons. The van der Waals surface area contributed by atoms with Crippen molar-refractivity contribution in [3.63, 3.8) is 0 Å². The molecule has 39 heavy (non-hydrogen) atoms. The van der Waals surface area contributed by atoms with Gasteiger partial charge in [0.15, 0.2) is 0 Å². The number of nitrogens with two attached hydrogens (primary N) is 1. The topological polar surface area (TPSA) is 65.3 Å². The van der Waals surface area contributed by atoms with Gasteiger partial charge in [0.2, 0.25) is 0 Å². The minimum absolute atomic E-state index is 0.150. The molecule has 5 heteroatoms. The fourth-order valence-electron chi connectivity index (χ4n) is 4.65. The quantitative estimate of drug-likeness (QED) is 0.307. The van der Waals surface area contributed by atoms with Crippen LogP contribution in [-0.2, 0) is 13.1 Å². The number of nitrogens with zero attached hydrogens (tertiary/aromatic N) is 1. The van der Waals surface area contributed by atoms with Gasteiger partial charge < -0.3 is 26.6 Å². The summed E-state index contributed by atoms with van der Waals surface area (Å²) in [7, 11) is 4.05. The average molecular weight is 526 g/mol. The minimum atomic E-state index is 0.150. The Bertz CT molecular complexity index is 1250. The number of allylic oxidation sites excluding steroid dienone is 3. The Labute approximate surface area is 236 Å². The molecule has 2 atom stereocenters. The Kier molecular flexibility index (Phi) is 11.9. The molecule has 0 aromatic heterocycles. The highest BCUT2D eigenvalue weighted by Gasteiger charge is 2.24. The van der Waals surface area contributed by atoms with Gasteiger partial charge in [-0.3, -0.25) is 0 Å². The third-order valence-electron chi connectivity index (χ3n) is 6.75. The first kappa shape index (κ1) is 31.3. The van der Waals surface area contributed by atoms with Gasteiger partial charge in [0.25, 0.3) is 0 Å². The summed E-state index contributed by atoms with van der Waals surface area (Å²) in [5.74, 6) is 1.08. The van der Waals surface area contributed by atoms with Crippen LogP contribution in [-0.4, -0.2) is 25.0 Å². The van der Waals surface area contributed by atoms with Crippen molar-refractivity contribution in [1.29, 1.82) is 0 Å². The van der Waals surface area contributed by atoms with Crippen molar-refractivity contribution in [2.45, 2.75) is 46.8 Å². The van der Waals surface area contributed by atoms with Crippen molar-refractivity contribution in [3.05, 3.63) is 126 Å². The Morgan fingerprint density at radius 1 is 1.15 bits per heavy atom. The van der Waals surface area contributed by atoms with E-state index in [1.54, 1.807) is 0 Å². The lowest BCUT2D eigenvalue weighted by molar-refractivity contribution is 0.501. The lowest BCUT2D eigenvalue weighted by Crippen LogP contribution is -2.27. The highest BCUT2D eigenvalue weighted by Crippen LogP contribution is 2.30. The van der Waals surface area contributed by atoms with Gasteiger partial charge in [0, 0.05) is 54.3 Å². The highest BCUT2D eigenvalue weighted by atomic mass is 15.2. The van der Waals surface area contributed by atoms with Crippen molar-refractivity contribution in [2.24, 2.45) is 11.7 Å². The van der Waals surface area contributed by atoms with Crippen LogP contribution in [0.25, 0.3) is 17.0 Å². The van der Waals surface area contributed by atoms with Crippen LogP contribution in [0.2, 0.25) is 0 Å². The zero-order chi connectivity index (χ0) is 29.1. The number of hydrogen-bond donors (Lipinski definition) is 4. The Morgan fingerprint density at radius 2 is 1.82 bits per heavy atom. The summed E-state index contributed by atoms with van der Waals surface area (Å²) in [4.78, 5) is 2.19. The molecule has 2 aliphatic rings. The second-order valence-corrected chi connectivity index (χ2v) is 9.61. The molecule has 1 saturated heterocycles. The number of hydrogen-bond acceptors (Lipinski definition) is 5. The molecule has 1 fully saturated rings. The predicted molar refractivity (Wildman–Crippen MR) is 171 cm³/mol. The van der Waals surface area contributed by atoms with Gasteiger partial charge in [-0.2, -0.15) is 0 Å². The Morgan fingerprint density at radius 3 is 2.38 bits per heavy atom. The molecule has 2 aliphatic heterocycles. The zero-order valence-electron chi connectivity index (χ0n) is 24.7. The van der Waals surface area contributed by atoms with E-state index in [9.17, 15) is 0 Å². The summed E-state index contributed by atoms with van der Waals surface area (Å²) in [6, 6.07) is 14.8. The highest BCUT2D eigenvalue weighted by molar-refractivity contribution is 5.82. The van der Waals surface area contributed by atoms with Crippen LogP contribution in [0.5, 0.6) is 0 Å². The molecular formula is C34H47N5. The van der Waals surface area contributed by atoms with Crippen LogP contribution in [0.15, 0.2) is 98.5 Å². The Balaban J connectivity index is 0.000000284. The van der Waals surface area contributed by atoms with E-state index in [-0.39, 0.29) is 12.0 Å². The fraction of sp³-hybridized carbons (Fsp3) is 0.294. The molecule has 2 unspecified atom stereocenters. The largest absolute Gasteiger partial charge is 0.399 e. The smallest absolute Gasteiger partial charge is 0.0960 e. The summed E-state index contributed by atoms with van der Waals surface area (Å²) in [6.45, 7) is 26.0. The normalized spacial score (nSPS) is 17.0. The van der Waals surface area contributed by atoms with Crippen molar-refractivity contribution >= 4 is 17.0 Å². The van der Waals surface area contributed by atoms with Crippen molar-refractivity contribution in [1.82, 2.24) is 20.9 Å². The van der Waals surface area contributed by atoms with Gasteiger partial charge in [-0.25, -0.2) is 0 Å². The number of rotatable bonds is 7. The standard InChI is InChI=1S/C20H25N3.C12H16N2.C2H6/c1-6-17(19-10-8-7-9-18(19)14(3)21)12-11-13(2)20-15(4)22-16(5)23-20;1-9-12-6-10(7-13-2)4-5-11(12)8-14(9)3;1-2/h6-13,20,22-23H,3-5,21H2,1-2H3;4-6,13H,1,7-8H2,2-3H3;1-2H3/b12-11-,17-6+;;. The predicted octanol–water partition coefficient (Wildman–Crippen LogP) is 6.61. The maximum absolute atomic E-state index is 5.91. The molecular weight excluding hydrogens is 478 g/mol. The maximum atomic E-state index is 5.91. The van der Waals surface area contributed by atoms with Gasteiger partial charge in [0.05, 0.1) is 11.9 Å². The molecule has 2 heterocycles. The molecule has 0 bridgehead atoms. The zero-order valence-corrected chi connectivity index (χ0v) is 24.7. The van der Waals surface area contributed by atoms with Gasteiger partial charge in [-0.05, 0) is 42.3 Å². The van der Waals surface area contributed by atoms with Crippen molar-refractivity contribution in [2.75, 3.05) is 14.1 Å². The molecule has 5 N–H and O–H groups in total. The lowest BCUT2D eigenvalue weighted by atomic mass is 9.94. The Hall–Kier alpha value is -3.96. The summed E-state index contributed by atoms with van der Waals surface area (Å²) in [6.07, 6.45) is 6.38. The number of fused-ring (bicyclic) bond motifs is 1. The SMILES string of the molecule is C=C1NC(=C)C(C(C)/C=C\C(=C/C)c2ccccc2C(=C)N)N1.C=C1c2cc(CNC)ccc2CN1C.CC. The van der Waals surface area contributed by atoms with Crippen LogP contribution in [0.3, 0.4) is 0 Å². The van der Waals surface area contributed by atoms with E-state index >= 15 is 0 Å². The first-order valence-electron chi connectivity index (χ1n) is 13.6. The third kappa shape index (κ3) is 8.01. The second-order valence-electron chi connectivity index (χ2n) is 9.61. The fourth-order valence-corrected chi connectivity index (χ4v) is 4.65. The molecule has 0 amide bonds. The van der Waals surface area contributed by atoms with Crippen LogP contribution in [0.1, 0.15) is 55.5 Å². The van der Waals surface area contributed by atoms with Crippen LogP contribution < -0.4 is 21.7 Å². The molecule has 2 aromatic rings. The number of nitrogens with one attached hydrogen (secondary N) is 3. The summed E-state index contributed by atoms with van der Waals surface area (Å²) < 4.78 is 0. The summed E-state index contributed by atoms with van der Waals surface area (Å²) >= 11 is 0. The molecule has 5 nitrogen and oxygen atoms in total. The summed E-state index contributed by atoms with van der Waals surface area (Å²) in [5, 5.41) is 9.59. The van der Waals surface area contributed by atoms with Gasteiger partial charge in [-0.1, -0.05) is 102 Å². The van der Waals surface area contributed by atoms with Crippen molar-refractivity contribution in [3.8, 4) is 0 Å². The maximum Gasteiger partial charge on any atom is 0.0960 e. The molecule has 0 spiro atoms. The van der Waals surface area contributed by atoms with Crippen LogP contribution in [0, 0.1) is 5.92 Å². The first-order valence-corrected chi connectivity index (χ1v) is 13.6. The van der Waals surface area contributed by atoms with E-state index in [4.69, 9.17) is 5.73 Å². The van der Waals surface area contributed by atoms with E-state index in [2.05, 4.69) is 104 Å². The molecule has 0 aliphatic carbocycles. The monoisotopic (exact) mass is 525 g/mol. The van der Waals surface area contributed by atoms with E-state index < -0.39 is 0 Å². The third-order valence-corrected chi connectivity index (χ3v) is 6.75. The van der Waals surface area contributed by atoms with E-state index in [0.29, 0.717) is 5.70 Å². The van der Waals surface area contributed by atoms with Crippen molar-refractivity contribution < 1.29 is 0 Å².